The quantitative estimate of drug-likeness (QED) is 0.238. The lowest BCUT2D eigenvalue weighted by Crippen LogP contribution is -2.37. The molecule has 0 radical (unpaired) electrons. The predicted molar refractivity (Wildman–Crippen MR) is 155 cm³/mol. The number of benzene rings is 4. The highest BCUT2D eigenvalue weighted by Crippen LogP contribution is 2.50. The molecular weight excluding hydrogens is 576 g/mol. The van der Waals surface area contributed by atoms with Gasteiger partial charge in [0, 0.05) is 46.9 Å². The molecule has 0 saturated carbocycles. The van der Waals surface area contributed by atoms with Gasteiger partial charge < -0.3 is 10.0 Å². The third kappa shape index (κ3) is 4.39. The average molecular weight is 602 g/mol. The minimum Gasteiger partial charge on any atom is -0.506 e. The van der Waals surface area contributed by atoms with Crippen molar-refractivity contribution in [3.63, 3.8) is 0 Å². The first kappa shape index (κ1) is 23.5. The van der Waals surface area contributed by atoms with Crippen molar-refractivity contribution in [2.24, 2.45) is 4.99 Å². The zero-order chi connectivity index (χ0) is 24.6. The van der Waals surface area contributed by atoms with Gasteiger partial charge >= 0.3 is 0 Å². The Morgan fingerprint density at radius 2 is 1.33 bits per heavy atom. The van der Waals surface area contributed by atoms with E-state index in [2.05, 4.69) is 110 Å². The van der Waals surface area contributed by atoms with E-state index in [-0.39, 0.29) is 5.75 Å². The predicted octanol–water partition coefficient (Wildman–Crippen LogP) is 8.55. The molecule has 2 atom stereocenters. The number of aliphatic imine (C=N–C) groups is 1. The summed E-state index contributed by atoms with van der Waals surface area (Å²) in [5.74, 6) is 0.875. The number of rotatable bonds is 4. The second-order valence-electron chi connectivity index (χ2n) is 9.55. The van der Waals surface area contributed by atoms with Crippen LogP contribution in [0.4, 0.5) is 11.4 Å². The molecule has 1 N–H and O–H groups in total. The van der Waals surface area contributed by atoms with Gasteiger partial charge in [-0.2, -0.15) is 0 Å². The molecule has 0 fully saturated rings. The fourth-order valence-electron chi connectivity index (χ4n) is 5.74. The summed E-state index contributed by atoms with van der Waals surface area (Å²) >= 11 is 6.95. The van der Waals surface area contributed by atoms with Crippen molar-refractivity contribution in [1.29, 1.82) is 0 Å². The van der Waals surface area contributed by atoms with E-state index in [1.165, 1.54) is 27.9 Å². The molecule has 180 valence electrons. The Hall–Kier alpha value is -2.89. The number of hydrogen-bond donors (Lipinski definition) is 1. The number of phenolic OH excluding ortho intramolecular Hbond substituents is 1. The topological polar surface area (TPSA) is 35.8 Å². The van der Waals surface area contributed by atoms with E-state index in [1.807, 2.05) is 12.1 Å². The van der Waals surface area contributed by atoms with Crippen molar-refractivity contribution in [2.75, 3.05) is 18.0 Å². The maximum atomic E-state index is 10.6. The first-order valence-electron chi connectivity index (χ1n) is 12.3. The van der Waals surface area contributed by atoms with E-state index in [4.69, 9.17) is 4.99 Å². The van der Waals surface area contributed by atoms with Gasteiger partial charge in [-0.05, 0) is 75.3 Å². The molecule has 6 rings (SSSR count). The Bertz CT molecular complexity index is 1360. The fraction of sp³-hybridized carbons (Fsp3) is 0.194. The van der Waals surface area contributed by atoms with Gasteiger partial charge in [0.15, 0.2) is 0 Å². The molecule has 0 unspecified atom stereocenters. The summed E-state index contributed by atoms with van der Waals surface area (Å²) < 4.78 is 1.53. The number of halogens is 2. The van der Waals surface area contributed by atoms with Gasteiger partial charge in [0.25, 0.3) is 0 Å². The van der Waals surface area contributed by atoms with Gasteiger partial charge in [-0.25, -0.2) is 0 Å². The highest BCUT2D eigenvalue weighted by atomic mass is 79.9. The lowest BCUT2D eigenvalue weighted by molar-refractivity contribution is 0.471. The summed E-state index contributed by atoms with van der Waals surface area (Å²) in [7, 11) is 0. The summed E-state index contributed by atoms with van der Waals surface area (Å²) in [5, 5.41) is 10.6. The third-order valence-electron chi connectivity index (χ3n) is 7.41. The monoisotopic (exact) mass is 600 g/mol. The Labute approximate surface area is 228 Å². The number of aromatic hydroxyl groups is 1. The van der Waals surface area contributed by atoms with E-state index in [9.17, 15) is 5.11 Å². The second-order valence-corrected chi connectivity index (χ2v) is 11.3. The van der Waals surface area contributed by atoms with E-state index in [1.54, 1.807) is 6.21 Å². The molecule has 0 bridgehead atoms. The van der Waals surface area contributed by atoms with Crippen molar-refractivity contribution in [2.45, 2.75) is 24.7 Å². The first-order chi connectivity index (χ1) is 17.6. The Balaban J connectivity index is 1.51. The number of phenols is 1. The van der Waals surface area contributed by atoms with Crippen LogP contribution in [-0.4, -0.2) is 24.4 Å². The Kier molecular flexibility index (Phi) is 6.44. The van der Waals surface area contributed by atoms with Crippen LogP contribution in [0.25, 0.3) is 0 Å². The van der Waals surface area contributed by atoms with Crippen LogP contribution in [-0.2, 0) is 0 Å². The van der Waals surface area contributed by atoms with E-state index >= 15 is 0 Å². The minimum absolute atomic E-state index is 0.191. The van der Waals surface area contributed by atoms with Crippen LogP contribution >= 0.6 is 31.9 Å². The maximum Gasteiger partial charge on any atom is 0.138 e. The zero-order valence-electron chi connectivity index (χ0n) is 19.7. The van der Waals surface area contributed by atoms with Crippen molar-refractivity contribution in [3.8, 4) is 5.75 Å². The van der Waals surface area contributed by atoms with Crippen molar-refractivity contribution >= 4 is 49.4 Å². The molecule has 0 aliphatic carbocycles. The summed E-state index contributed by atoms with van der Waals surface area (Å²) in [6.07, 6.45) is 3.95. The van der Waals surface area contributed by atoms with Crippen LogP contribution in [0.2, 0.25) is 0 Å². The highest BCUT2D eigenvalue weighted by Gasteiger charge is 2.35. The molecule has 2 heterocycles. The third-order valence-corrected chi connectivity index (χ3v) is 8.47. The summed E-state index contributed by atoms with van der Waals surface area (Å²) in [6.45, 7) is 2.15. The van der Waals surface area contributed by atoms with Gasteiger partial charge in [-0.1, -0.05) is 76.6 Å². The number of hydrogen-bond acceptors (Lipinski definition) is 3. The van der Waals surface area contributed by atoms with Gasteiger partial charge in [0.2, 0.25) is 0 Å². The maximum absolute atomic E-state index is 10.6. The Morgan fingerprint density at radius 3 is 1.89 bits per heavy atom. The van der Waals surface area contributed by atoms with Gasteiger partial charge in [0.1, 0.15) is 5.75 Å². The zero-order valence-corrected chi connectivity index (χ0v) is 22.9. The van der Waals surface area contributed by atoms with E-state index < -0.39 is 0 Å². The van der Waals surface area contributed by atoms with Crippen LogP contribution in [0.1, 0.15) is 52.5 Å². The van der Waals surface area contributed by atoms with Crippen molar-refractivity contribution in [1.82, 2.24) is 0 Å². The van der Waals surface area contributed by atoms with Crippen molar-refractivity contribution in [3.05, 3.63) is 122 Å². The van der Waals surface area contributed by atoms with Gasteiger partial charge in [-0.15, -0.1) is 0 Å². The summed E-state index contributed by atoms with van der Waals surface area (Å²) in [6, 6.07) is 29.9. The van der Waals surface area contributed by atoms with Gasteiger partial charge in [0.05, 0.1) is 10.2 Å². The number of nitrogens with zero attached hydrogens (tertiary/aromatic N) is 2. The largest absolute Gasteiger partial charge is 0.506 e. The normalized spacial score (nSPS) is 18.9. The highest BCUT2D eigenvalue weighted by molar-refractivity contribution is 9.11. The molecule has 0 aromatic heterocycles. The smallest absolute Gasteiger partial charge is 0.138 e. The standard InChI is InChI=1S/C31H26Br2N2O/c32-23-15-22(31(36)29(33)16-23)19-34-24-17-27-25(20-7-3-1-4-8-20)11-13-35-14-12-26(28(18-24)30(27)35)21-9-5-2-6-10-21/h1-10,15-19,25-26,36H,11-14H2/t25-,26-/m0/s1. The van der Waals surface area contributed by atoms with Crippen LogP contribution in [0.3, 0.4) is 0 Å². The lowest BCUT2D eigenvalue weighted by atomic mass is 9.76. The van der Waals surface area contributed by atoms with Crippen LogP contribution < -0.4 is 4.90 Å². The molecule has 0 spiro atoms. The lowest BCUT2D eigenvalue weighted by Gasteiger charge is -2.43. The number of anilines is 1. The average Bonchev–Trinajstić information content (AvgIpc) is 2.91. The summed E-state index contributed by atoms with van der Waals surface area (Å²) in [5.41, 5.74) is 8.41. The molecule has 4 aromatic rings. The molecule has 0 saturated heterocycles. The minimum atomic E-state index is 0.191. The summed E-state index contributed by atoms with van der Waals surface area (Å²) in [4.78, 5) is 7.47. The second kappa shape index (κ2) is 9.87. The molecule has 2 aliphatic rings. The molecular formula is C31H26Br2N2O. The molecule has 36 heavy (non-hydrogen) atoms. The SMILES string of the molecule is Oc1c(Br)cc(Br)cc1C=Nc1cc2c3c(c1)[C@H](c1ccccc1)CCN3CC[C@H]2c1ccccc1. The molecule has 3 nitrogen and oxygen atoms in total. The first-order valence-corrected chi connectivity index (χ1v) is 13.9. The molecule has 4 aromatic carbocycles. The van der Waals surface area contributed by atoms with E-state index in [0.717, 1.165) is 36.1 Å². The fourth-order valence-corrected chi connectivity index (χ4v) is 7.00. The van der Waals surface area contributed by atoms with Crippen LogP contribution in [0.5, 0.6) is 5.75 Å². The Morgan fingerprint density at radius 1 is 0.778 bits per heavy atom. The van der Waals surface area contributed by atoms with Gasteiger partial charge in [-0.3, -0.25) is 4.99 Å². The van der Waals surface area contributed by atoms with Crippen LogP contribution in [0.15, 0.2) is 98.9 Å². The molecule has 2 aliphatic heterocycles. The van der Waals surface area contributed by atoms with Crippen molar-refractivity contribution < 1.29 is 5.11 Å². The van der Waals surface area contributed by atoms with E-state index in [0.29, 0.717) is 21.9 Å². The molecule has 5 heteroatoms. The van der Waals surface area contributed by atoms with Crippen LogP contribution in [0, 0.1) is 0 Å². The molecule has 0 amide bonds.